The molecule has 0 rings (SSSR count). The van der Waals surface area contributed by atoms with Crippen molar-refractivity contribution < 1.29 is 37.5 Å². The maximum Gasteiger partial charge on any atom is 0.266 e. The molecule has 55 valence electrons. The Morgan fingerprint density at radius 1 is 1.80 bits per heavy atom. The number of carbonyl (C=O) groups excluding carboxylic acids is 1. The predicted octanol–water partition coefficient (Wildman–Crippen LogP) is 1.51. The van der Waals surface area contributed by atoms with Gasteiger partial charge in [0, 0.05) is 52.2 Å². The average Bonchev–Trinajstić information content (AvgIpc) is 1.59. The molecule has 0 aromatic carbocycles. The summed E-state index contributed by atoms with van der Waals surface area (Å²) in [5, 5.41) is 0. The summed E-state index contributed by atoms with van der Waals surface area (Å²) in [5.74, 6) is 0. The molecule has 3 heteroatoms. The quantitative estimate of drug-likeness (QED) is 0.411. The summed E-state index contributed by atoms with van der Waals surface area (Å²) in [6.45, 7) is 5.71. The van der Waals surface area contributed by atoms with Crippen LogP contribution in [0.3, 0.4) is 0 Å². The van der Waals surface area contributed by atoms with Crippen LogP contribution in [-0.2, 0) is 37.5 Å². The molecule has 0 unspecified atom stereocenters. The fraction of sp³-hybridized carbons (Fsp3) is 0.571. The van der Waals surface area contributed by atoms with Crippen LogP contribution < -0.4 is 0 Å². The van der Waals surface area contributed by atoms with Crippen LogP contribution in [0.2, 0.25) is 0 Å². The van der Waals surface area contributed by atoms with Crippen LogP contribution in [0, 0.1) is 0 Å². The Hall–Kier alpha value is 0.944. The normalized spacial score (nSPS) is 13.5. The van der Waals surface area contributed by atoms with E-state index in [4.69, 9.17) is 1.28 Å². The van der Waals surface area contributed by atoms with E-state index in [1.807, 2.05) is 20.3 Å². The molecule has 0 aliphatic rings. The van der Waals surface area contributed by atoms with Crippen LogP contribution in [0.25, 0.3) is 0 Å². The van der Waals surface area contributed by atoms with Gasteiger partial charge in [0.25, 0.3) is 1.28 Å². The van der Waals surface area contributed by atoms with E-state index in [1.165, 1.54) is 6.08 Å². The number of hydrogen-bond acceptors (Lipinski definition) is 1. The fourth-order valence-corrected chi connectivity index (χ4v) is 1.73. The fourth-order valence-electron chi connectivity index (χ4n) is 0.645. The van der Waals surface area contributed by atoms with Crippen molar-refractivity contribution in [3.8, 4) is 0 Å². The zero-order valence-electron chi connectivity index (χ0n) is 7.72. The van der Waals surface area contributed by atoms with Crippen LogP contribution >= 0.6 is 7.87 Å². The summed E-state index contributed by atoms with van der Waals surface area (Å²) < 4.78 is 7.58. The Morgan fingerprint density at radius 2 is 2.30 bits per heavy atom. The molecule has 10 heavy (non-hydrogen) atoms. The van der Waals surface area contributed by atoms with Gasteiger partial charge in [-0.05, 0) is 14.2 Å². The Labute approximate surface area is 90.6 Å². The average molecular weight is 235 g/mol. The molecule has 0 amide bonds. The van der Waals surface area contributed by atoms with Crippen molar-refractivity contribution >= 4 is 14.2 Å². The van der Waals surface area contributed by atoms with Gasteiger partial charge in [-0.2, -0.15) is 11.6 Å². The third-order valence-electron chi connectivity index (χ3n) is 0.871. The van der Waals surface area contributed by atoms with E-state index in [0.29, 0.717) is 0 Å². The summed E-state index contributed by atoms with van der Waals surface area (Å²) in [7, 11) is -1.50. The first-order valence-corrected chi connectivity index (χ1v) is 5.27. The molecule has 0 heterocycles. The third-order valence-corrected chi connectivity index (χ3v) is 2.00. The minimum absolute atomic E-state index is 0. The molecule has 0 saturated carbocycles. The smallest absolute Gasteiger partial charge is 0.266 e. The second kappa shape index (κ2) is 8.04. The monoisotopic (exact) mass is 235 g/mol. The molecule has 0 fully saturated rings. The van der Waals surface area contributed by atoms with Gasteiger partial charge in [-0.1, -0.05) is 0 Å². The first-order chi connectivity index (χ1) is 4.45. The van der Waals surface area contributed by atoms with Crippen LogP contribution in [0.15, 0.2) is 11.6 Å². The second-order valence-electron chi connectivity index (χ2n) is 2.35. The van der Waals surface area contributed by atoms with E-state index >= 15 is 0 Å². The molecule has 1 nitrogen and oxygen atoms in total. The largest absolute Gasteiger partial charge is 0.419 e. The van der Waals surface area contributed by atoms with E-state index in [9.17, 15) is 4.79 Å². The summed E-state index contributed by atoms with van der Waals surface area (Å²) in [6.07, 6.45) is 3.86. The third kappa shape index (κ3) is 8.94. The molecule has 0 aromatic rings. The molecule has 0 aromatic heterocycles. The van der Waals surface area contributed by atoms with Crippen molar-refractivity contribution in [3.63, 3.8) is 0 Å². The minimum Gasteiger partial charge on any atom is -0.419 e. The number of rotatable bonds is 3. The van der Waals surface area contributed by atoms with Crippen molar-refractivity contribution in [1.29, 1.82) is 1.28 Å². The maximum atomic E-state index is 9.85. The number of allylic oxidation sites excluding steroid dienone is 2. The van der Waals surface area contributed by atoms with Crippen LogP contribution in [-0.4, -0.2) is 27.1 Å². The van der Waals surface area contributed by atoms with E-state index < -0.39 is 7.87 Å². The molecule has 0 spiro atoms. The molecule has 0 N–H and O–H groups in total. The van der Waals surface area contributed by atoms with Crippen LogP contribution in [0.5, 0.6) is 0 Å². The van der Waals surface area contributed by atoms with E-state index in [-0.39, 0.29) is 32.7 Å². The molecule has 0 aliphatic heterocycles. The Bertz CT molecular complexity index is 151. The van der Waals surface area contributed by atoms with Crippen LogP contribution in [0.4, 0.5) is 0 Å². The van der Waals surface area contributed by atoms with Gasteiger partial charge in [0.1, 0.15) is 0 Å². The van der Waals surface area contributed by atoms with Crippen LogP contribution in [0.1, 0.15) is 6.92 Å². The summed E-state index contributed by atoms with van der Waals surface area (Å²) in [6, 6.07) is 0. The van der Waals surface area contributed by atoms with Crippen molar-refractivity contribution in [1.82, 2.24) is 0 Å². The summed E-state index contributed by atoms with van der Waals surface area (Å²) in [5.41, 5.74) is 0.961. The van der Waals surface area contributed by atoms with Crippen molar-refractivity contribution in [2.75, 3.05) is 19.5 Å². The molecule has 0 bridgehead atoms. The standard InChI is InChI=1S/C7H12OP.Y/c1-7(4-5-8)6-9(2)3;/h4H,6H2,1-3H3;/q-1;/p+1/b7-4+;/i/hT. The molecular weight excluding hydrogens is 220 g/mol. The predicted molar refractivity (Wildman–Crippen MR) is 44.5 cm³/mol. The second-order valence-corrected chi connectivity index (χ2v) is 4.82. The molecule has 0 aliphatic carbocycles. The molecule has 1 radical (unpaired) electrons. The van der Waals surface area contributed by atoms with E-state index in [0.717, 1.165) is 11.7 Å². The van der Waals surface area contributed by atoms with E-state index in [2.05, 4.69) is 0 Å². The molecule has 0 saturated heterocycles. The van der Waals surface area contributed by atoms with Crippen molar-refractivity contribution in [3.05, 3.63) is 11.6 Å². The van der Waals surface area contributed by atoms with Gasteiger partial charge in [0.2, 0.25) is 0 Å². The SMILES string of the molecule is [3H][P+](C)(C)C/C(C)=C/[C-]=O.[Y]. The van der Waals surface area contributed by atoms with Crippen molar-refractivity contribution in [2.24, 2.45) is 0 Å². The molecular formula is C7H13OPY. The maximum absolute atomic E-state index is 9.85. The Balaban J connectivity index is 0. The Kier molecular flexibility index (Phi) is 8.80. The molecule has 0 atom stereocenters. The Morgan fingerprint density at radius 3 is 2.60 bits per heavy atom. The summed E-state index contributed by atoms with van der Waals surface area (Å²) in [4.78, 5) is 9.85. The topological polar surface area (TPSA) is 17.1 Å². The first kappa shape index (κ1) is 10.9. The first-order valence-electron chi connectivity index (χ1n) is 3.29. The van der Waals surface area contributed by atoms with Gasteiger partial charge in [-0.15, -0.1) is 6.92 Å². The summed E-state index contributed by atoms with van der Waals surface area (Å²) >= 11 is 0. The minimum atomic E-state index is -1.50. The zero-order valence-corrected chi connectivity index (χ0v) is 10.4. The number of hydrogen-bond donors (Lipinski definition) is 0. The van der Waals surface area contributed by atoms with E-state index in [1.54, 1.807) is 6.29 Å². The van der Waals surface area contributed by atoms with Gasteiger partial charge >= 0.3 is 0 Å². The van der Waals surface area contributed by atoms with Gasteiger partial charge in [0.15, 0.2) is 0 Å². The zero-order chi connectivity index (χ0) is 8.20. The van der Waals surface area contributed by atoms with Gasteiger partial charge in [0.05, 0.1) is 0 Å². The van der Waals surface area contributed by atoms with Gasteiger partial charge in [-0.25, -0.2) is 0 Å². The van der Waals surface area contributed by atoms with Gasteiger partial charge < -0.3 is 4.79 Å². The van der Waals surface area contributed by atoms with Gasteiger partial charge in [-0.3, -0.25) is 0 Å². The van der Waals surface area contributed by atoms with Crippen molar-refractivity contribution in [2.45, 2.75) is 6.92 Å².